The van der Waals surface area contributed by atoms with Gasteiger partial charge in [-0.15, -0.1) is 0 Å². The lowest BCUT2D eigenvalue weighted by Crippen LogP contribution is -2.46. The van der Waals surface area contributed by atoms with Gasteiger partial charge in [0.15, 0.2) is 0 Å². The van der Waals surface area contributed by atoms with Crippen molar-refractivity contribution in [3.63, 3.8) is 0 Å². The summed E-state index contributed by atoms with van der Waals surface area (Å²) >= 11 is 0. The second-order valence-electron chi connectivity index (χ2n) is 10.5. The molecule has 5 rings (SSSR count). The molecule has 1 atom stereocenters. The topological polar surface area (TPSA) is 72.5 Å². The van der Waals surface area contributed by atoms with E-state index in [2.05, 4.69) is 57.3 Å². The number of H-pyrrole nitrogens is 1. The van der Waals surface area contributed by atoms with Gasteiger partial charge in [0.05, 0.1) is 24.3 Å². The molecular formula is C31H37N5O2S. The molecule has 0 fully saturated rings. The highest BCUT2D eigenvalue weighted by Crippen LogP contribution is 2.34. The van der Waals surface area contributed by atoms with E-state index in [1.807, 2.05) is 61.6 Å². The summed E-state index contributed by atoms with van der Waals surface area (Å²) in [6.07, 6.45) is 4.84. The molecule has 3 aromatic carbocycles. The molecule has 1 aliphatic heterocycles. The molecule has 1 N–H and O–H groups in total. The van der Waals surface area contributed by atoms with Crippen molar-refractivity contribution in [1.82, 2.24) is 19.2 Å². The first-order chi connectivity index (χ1) is 18.9. The van der Waals surface area contributed by atoms with Gasteiger partial charge in [-0.2, -0.15) is 4.31 Å². The first kappa shape index (κ1) is 27.1. The Morgan fingerprint density at radius 2 is 1.72 bits per heavy atom. The number of fused-ring (bicyclic) bond motifs is 1. The first-order valence-corrected chi connectivity index (χ1v) is 15.1. The third kappa shape index (κ3) is 6.76. The molecule has 0 amide bonds. The van der Waals surface area contributed by atoms with Gasteiger partial charge in [-0.1, -0.05) is 66.7 Å². The van der Waals surface area contributed by atoms with Gasteiger partial charge in [0.25, 0.3) is 0 Å². The number of anilines is 1. The maximum absolute atomic E-state index is 14.0. The van der Waals surface area contributed by atoms with Gasteiger partial charge < -0.3 is 14.8 Å². The number of imidazole rings is 1. The normalized spacial score (nSPS) is 16.3. The Balaban J connectivity index is 1.56. The van der Waals surface area contributed by atoms with Crippen LogP contribution in [0.25, 0.3) is 11.1 Å². The van der Waals surface area contributed by atoms with Crippen molar-refractivity contribution in [3.8, 4) is 11.1 Å². The Labute approximate surface area is 232 Å². The van der Waals surface area contributed by atoms with Gasteiger partial charge in [-0.25, -0.2) is 13.4 Å². The van der Waals surface area contributed by atoms with Crippen molar-refractivity contribution >= 4 is 15.7 Å². The second-order valence-corrected chi connectivity index (χ2v) is 12.6. The van der Waals surface area contributed by atoms with Crippen LogP contribution in [0.5, 0.6) is 0 Å². The van der Waals surface area contributed by atoms with Crippen molar-refractivity contribution in [2.24, 2.45) is 0 Å². The standard InChI is InChI=1S/C31H37N5O2S/c1-34(2)16-9-17-39(37,38)36-21-28-19-27(26-12-7-4-8-13-26)14-15-31(28)35(22-29-20-32-24-33-29)23-30(36)18-25-10-5-3-6-11-25/h3-8,10-15,19-20,24,30H,9,16-18,21-23H2,1-2H3,(H,32,33). The van der Waals surface area contributed by atoms with Crippen molar-refractivity contribution in [3.05, 3.63) is 108 Å². The van der Waals surface area contributed by atoms with Crippen LogP contribution in [0.1, 0.15) is 23.2 Å². The van der Waals surface area contributed by atoms with Crippen LogP contribution in [0.2, 0.25) is 0 Å². The molecule has 0 spiro atoms. The second kappa shape index (κ2) is 12.2. The van der Waals surface area contributed by atoms with Crippen LogP contribution in [0, 0.1) is 0 Å². The zero-order valence-corrected chi connectivity index (χ0v) is 23.5. The fraction of sp³-hybridized carbons (Fsp3) is 0.323. The summed E-state index contributed by atoms with van der Waals surface area (Å²) < 4.78 is 29.7. The molecule has 1 aromatic heterocycles. The minimum atomic E-state index is -3.52. The Hall–Kier alpha value is -3.46. The summed E-state index contributed by atoms with van der Waals surface area (Å²) in [6, 6.07) is 26.7. The lowest BCUT2D eigenvalue weighted by molar-refractivity contribution is 0.316. The number of nitrogens with zero attached hydrogens (tertiary/aromatic N) is 4. The zero-order chi connectivity index (χ0) is 27.2. The Morgan fingerprint density at radius 1 is 0.974 bits per heavy atom. The van der Waals surface area contributed by atoms with Crippen molar-refractivity contribution in [2.45, 2.75) is 32.0 Å². The average molecular weight is 544 g/mol. The van der Waals surface area contributed by atoms with Crippen LogP contribution in [-0.4, -0.2) is 66.6 Å². The molecule has 204 valence electrons. The number of rotatable bonds is 10. The van der Waals surface area contributed by atoms with Crippen LogP contribution in [0.3, 0.4) is 0 Å². The van der Waals surface area contributed by atoms with E-state index < -0.39 is 10.0 Å². The number of hydrogen-bond acceptors (Lipinski definition) is 5. The van der Waals surface area contributed by atoms with Crippen LogP contribution in [-0.2, 0) is 29.5 Å². The quantitative estimate of drug-likeness (QED) is 0.311. The average Bonchev–Trinajstić information content (AvgIpc) is 3.39. The van der Waals surface area contributed by atoms with Gasteiger partial charge in [0.2, 0.25) is 10.0 Å². The Bertz CT molecular complexity index is 1440. The molecule has 1 aliphatic rings. The number of hydrogen-bond donors (Lipinski definition) is 1. The molecule has 8 heteroatoms. The van der Waals surface area contributed by atoms with Crippen molar-refractivity contribution in [1.29, 1.82) is 0 Å². The van der Waals surface area contributed by atoms with E-state index in [4.69, 9.17) is 0 Å². The van der Waals surface area contributed by atoms with E-state index in [9.17, 15) is 8.42 Å². The fourth-order valence-corrected chi connectivity index (χ4v) is 7.01. The fourth-order valence-electron chi connectivity index (χ4n) is 5.35. The molecular weight excluding hydrogens is 506 g/mol. The van der Waals surface area contributed by atoms with E-state index in [1.54, 1.807) is 10.6 Å². The van der Waals surface area contributed by atoms with Gasteiger partial charge in [-0.3, -0.25) is 0 Å². The third-order valence-electron chi connectivity index (χ3n) is 7.28. The number of nitrogens with one attached hydrogen (secondary N) is 1. The Kier molecular flexibility index (Phi) is 8.45. The maximum atomic E-state index is 14.0. The molecule has 4 aromatic rings. The SMILES string of the molecule is CN(C)CCCS(=O)(=O)N1Cc2cc(-c3ccccc3)ccc2N(Cc2c[nH]cn2)CC1Cc1ccccc1. The van der Waals surface area contributed by atoms with E-state index in [0.717, 1.165) is 40.2 Å². The molecule has 2 heterocycles. The summed E-state index contributed by atoms with van der Waals surface area (Å²) in [6.45, 7) is 2.25. The van der Waals surface area contributed by atoms with E-state index in [1.165, 1.54) is 0 Å². The van der Waals surface area contributed by atoms with Gasteiger partial charge in [0.1, 0.15) is 0 Å². The molecule has 1 unspecified atom stereocenters. The van der Waals surface area contributed by atoms with Gasteiger partial charge >= 0.3 is 0 Å². The predicted octanol–water partition coefficient (Wildman–Crippen LogP) is 4.79. The van der Waals surface area contributed by atoms with E-state index in [-0.39, 0.29) is 11.8 Å². The largest absolute Gasteiger partial charge is 0.364 e. The lowest BCUT2D eigenvalue weighted by atomic mass is 10.0. The van der Waals surface area contributed by atoms with E-state index in [0.29, 0.717) is 32.5 Å². The monoisotopic (exact) mass is 543 g/mol. The van der Waals surface area contributed by atoms with Crippen LogP contribution >= 0.6 is 0 Å². The van der Waals surface area contributed by atoms with Gasteiger partial charge in [0, 0.05) is 31.0 Å². The number of aromatic amines is 1. The van der Waals surface area contributed by atoms with Crippen LogP contribution in [0.4, 0.5) is 5.69 Å². The molecule has 0 aliphatic carbocycles. The first-order valence-electron chi connectivity index (χ1n) is 13.5. The van der Waals surface area contributed by atoms with E-state index >= 15 is 0 Å². The number of benzene rings is 3. The van der Waals surface area contributed by atoms with Gasteiger partial charge in [-0.05, 0) is 67.9 Å². The summed E-state index contributed by atoms with van der Waals surface area (Å²) in [4.78, 5) is 11.9. The lowest BCUT2D eigenvalue weighted by Gasteiger charge is -2.32. The highest BCUT2D eigenvalue weighted by Gasteiger charge is 2.35. The summed E-state index contributed by atoms with van der Waals surface area (Å²) in [5, 5.41) is 0. The highest BCUT2D eigenvalue weighted by molar-refractivity contribution is 7.89. The summed E-state index contributed by atoms with van der Waals surface area (Å²) in [5.74, 6) is 0.129. The number of sulfonamides is 1. The third-order valence-corrected chi connectivity index (χ3v) is 9.23. The summed E-state index contributed by atoms with van der Waals surface area (Å²) in [5.41, 5.74) is 6.33. The maximum Gasteiger partial charge on any atom is 0.214 e. The molecule has 0 saturated carbocycles. The minimum Gasteiger partial charge on any atom is -0.364 e. The summed E-state index contributed by atoms with van der Waals surface area (Å²) in [7, 11) is 0.435. The number of aromatic nitrogens is 2. The minimum absolute atomic E-state index is 0.129. The van der Waals surface area contributed by atoms with Crippen molar-refractivity contribution < 1.29 is 8.42 Å². The van der Waals surface area contributed by atoms with Crippen LogP contribution in [0.15, 0.2) is 91.4 Å². The predicted molar refractivity (Wildman–Crippen MR) is 158 cm³/mol. The smallest absolute Gasteiger partial charge is 0.214 e. The molecule has 0 bridgehead atoms. The zero-order valence-electron chi connectivity index (χ0n) is 22.7. The Morgan fingerprint density at radius 3 is 2.41 bits per heavy atom. The highest BCUT2D eigenvalue weighted by atomic mass is 32.2. The molecule has 7 nitrogen and oxygen atoms in total. The van der Waals surface area contributed by atoms with Crippen LogP contribution < -0.4 is 4.90 Å². The molecule has 0 saturated heterocycles. The molecule has 0 radical (unpaired) electrons. The van der Waals surface area contributed by atoms with Crippen molar-refractivity contribution in [2.75, 3.05) is 37.8 Å². The molecule has 39 heavy (non-hydrogen) atoms.